The van der Waals surface area contributed by atoms with E-state index in [1.54, 1.807) is 0 Å². The van der Waals surface area contributed by atoms with Crippen LogP contribution in [0.2, 0.25) is 0 Å². The Morgan fingerprint density at radius 3 is 2.79 bits per heavy atom. The van der Waals surface area contributed by atoms with E-state index in [1.807, 2.05) is 0 Å². The molecule has 1 aromatic carbocycles. The van der Waals surface area contributed by atoms with Gasteiger partial charge in [0.25, 0.3) is 0 Å². The first-order valence-corrected chi connectivity index (χ1v) is 8.15. The number of allylic oxidation sites excluding steroid dienone is 4. The van der Waals surface area contributed by atoms with E-state index in [0.29, 0.717) is 3.42 Å². The first-order valence-electron chi connectivity index (χ1n) is 7.07. The highest BCUT2D eigenvalue weighted by Gasteiger charge is 2.25. The van der Waals surface area contributed by atoms with E-state index >= 15 is 0 Å². The molecule has 0 aliphatic heterocycles. The number of alkyl halides is 1. The van der Waals surface area contributed by atoms with Crippen molar-refractivity contribution in [2.45, 2.75) is 42.6 Å². The van der Waals surface area contributed by atoms with Crippen LogP contribution in [0.15, 0.2) is 54.3 Å². The molecule has 1 aliphatic carbocycles. The fraction of sp³-hybridized carbons (Fsp3) is 0.412. The maximum Gasteiger partial charge on any atom is 0.0458 e. The van der Waals surface area contributed by atoms with Gasteiger partial charge < -0.3 is 5.32 Å². The molecule has 1 atom stereocenters. The largest absolute Gasteiger partial charge is 0.384 e. The second-order valence-electron chi connectivity index (χ2n) is 5.21. The van der Waals surface area contributed by atoms with Crippen molar-refractivity contribution >= 4 is 22.6 Å². The normalized spacial score (nSPS) is 22.1. The molecule has 0 radical (unpaired) electrons. The van der Waals surface area contributed by atoms with E-state index in [2.05, 4.69) is 83.4 Å². The van der Waals surface area contributed by atoms with Gasteiger partial charge in [-0.1, -0.05) is 84.8 Å². The van der Waals surface area contributed by atoms with Crippen molar-refractivity contribution in [2.24, 2.45) is 0 Å². The van der Waals surface area contributed by atoms with Gasteiger partial charge in [0, 0.05) is 22.1 Å². The Hall–Kier alpha value is -0.770. The second-order valence-corrected chi connectivity index (χ2v) is 7.35. The second kappa shape index (κ2) is 7.13. The lowest BCUT2D eigenvalue weighted by Crippen LogP contribution is -2.26. The molecule has 1 aliphatic rings. The highest BCUT2D eigenvalue weighted by molar-refractivity contribution is 14.1. The van der Waals surface area contributed by atoms with Crippen LogP contribution in [-0.4, -0.2) is 3.42 Å². The third-order valence-electron chi connectivity index (χ3n) is 3.48. The molecule has 1 N–H and O–H groups in total. The quantitative estimate of drug-likeness (QED) is 0.552. The van der Waals surface area contributed by atoms with Crippen LogP contribution >= 0.6 is 22.6 Å². The van der Waals surface area contributed by atoms with Gasteiger partial charge in [-0.25, -0.2) is 0 Å². The lowest BCUT2D eigenvalue weighted by Gasteiger charge is -2.28. The highest BCUT2D eigenvalue weighted by Crippen LogP contribution is 2.36. The van der Waals surface area contributed by atoms with Crippen LogP contribution in [-0.2, 0) is 6.54 Å². The average Bonchev–Trinajstić information content (AvgIpc) is 2.44. The van der Waals surface area contributed by atoms with Gasteiger partial charge in [0.05, 0.1) is 0 Å². The van der Waals surface area contributed by atoms with Gasteiger partial charge in [-0.3, -0.25) is 0 Å². The summed E-state index contributed by atoms with van der Waals surface area (Å²) in [6.07, 6.45) is 11.7. The Bertz CT molecular complexity index is 450. The summed E-state index contributed by atoms with van der Waals surface area (Å²) in [4.78, 5) is 0. The fourth-order valence-electron chi connectivity index (χ4n) is 2.35. The maximum absolute atomic E-state index is 3.57. The molecule has 0 aromatic heterocycles. The Morgan fingerprint density at radius 2 is 2.05 bits per heavy atom. The van der Waals surface area contributed by atoms with E-state index in [0.717, 1.165) is 13.0 Å². The lowest BCUT2D eigenvalue weighted by molar-refractivity contribution is 0.586. The van der Waals surface area contributed by atoms with Crippen LogP contribution in [0, 0.1) is 0 Å². The molecule has 2 heteroatoms. The molecule has 0 amide bonds. The Labute approximate surface area is 130 Å². The topological polar surface area (TPSA) is 12.0 Å². The molecule has 1 unspecified atom stereocenters. The number of hydrogen-bond donors (Lipinski definition) is 1. The SMILES string of the molecule is CCCCC1(I)C=CC=C(NCc2ccccc2)C1. The number of hydrogen-bond acceptors (Lipinski definition) is 1. The average molecular weight is 367 g/mol. The molecule has 0 saturated heterocycles. The van der Waals surface area contributed by atoms with Gasteiger partial charge in [0.1, 0.15) is 0 Å². The van der Waals surface area contributed by atoms with E-state index in [-0.39, 0.29) is 0 Å². The maximum atomic E-state index is 3.57. The van der Waals surface area contributed by atoms with Crippen LogP contribution in [0.25, 0.3) is 0 Å². The van der Waals surface area contributed by atoms with Crippen LogP contribution in [0.3, 0.4) is 0 Å². The Morgan fingerprint density at radius 1 is 1.26 bits per heavy atom. The van der Waals surface area contributed by atoms with Crippen molar-refractivity contribution in [1.82, 2.24) is 5.32 Å². The predicted octanol–water partition coefficient (Wildman–Crippen LogP) is 4.98. The first-order chi connectivity index (χ1) is 9.22. The van der Waals surface area contributed by atoms with E-state index in [4.69, 9.17) is 0 Å². The number of nitrogens with one attached hydrogen (secondary N) is 1. The van der Waals surface area contributed by atoms with Gasteiger partial charge in [0.2, 0.25) is 0 Å². The van der Waals surface area contributed by atoms with Crippen LogP contribution in [0.5, 0.6) is 0 Å². The number of halogens is 1. The minimum absolute atomic E-state index is 0.307. The Kier molecular flexibility index (Phi) is 5.49. The van der Waals surface area contributed by atoms with Crippen molar-refractivity contribution in [3.63, 3.8) is 0 Å². The number of rotatable bonds is 6. The highest BCUT2D eigenvalue weighted by atomic mass is 127. The number of unbranched alkanes of at least 4 members (excludes halogenated alkanes) is 1. The summed E-state index contributed by atoms with van der Waals surface area (Å²) in [5, 5.41) is 3.57. The van der Waals surface area contributed by atoms with Gasteiger partial charge >= 0.3 is 0 Å². The van der Waals surface area contributed by atoms with Gasteiger partial charge in [-0.15, -0.1) is 0 Å². The molecule has 1 aromatic rings. The summed E-state index contributed by atoms with van der Waals surface area (Å²) in [5.74, 6) is 0. The molecule has 0 saturated carbocycles. The van der Waals surface area contributed by atoms with Crippen molar-refractivity contribution < 1.29 is 0 Å². The summed E-state index contributed by atoms with van der Waals surface area (Å²) < 4.78 is 0.307. The zero-order valence-electron chi connectivity index (χ0n) is 11.5. The molecule has 2 rings (SSSR count). The number of benzene rings is 1. The zero-order valence-corrected chi connectivity index (χ0v) is 13.7. The molecule has 0 bridgehead atoms. The van der Waals surface area contributed by atoms with Crippen LogP contribution < -0.4 is 5.32 Å². The molecule has 0 heterocycles. The third-order valence-corrected chi connectivity index (χ3v) is 4.77. The van der Waals surface area contributed by atoms with Crippen molar-refractivity contribution in [1.29, 1.82) is 0 Å². The summed E-state index contributed by atoms with van der Waals surface area (Å²) >= 11 is 2.62. The standard InChI is InChI=1S/C17H22IN/c1-2-3-11-17(18)12-7-10-16(13-17)19-14-15-8-5-4-6-9-15/h4-10,12,19H,2-3,11,13-14H2,1H3. The smallest absolute Gasteiger partial charge is 0.0458 e. The van der Waals surface area contributed by atoms with Crippen molar-refractivity contribution in [3.05, 3.63) is 59.8 Å². The summed E-state index contributed by atoms with van der Waals surface area (Å²) in [6.45, 7) is 3.18. The Balaban J connectivity index is 1.88. The lowest BCUT2D eigenvalue weighted by atomic mass is 9.93. The van der Waals surface area contributed by atoms with Gasteiger partial charge in [0.15, 0.2) is 0 Å². The molecular weight excluding hydrogens is 345 g/mol. The van der Waals surface area contributed by atoms with Crippen molar-refractivity contribution in [2.75, 3.05) is 0 Å². The minimum Gasteiger partial charge on any atom is -0.384 e. The van der Waals surface area contributed by atoms with E-state index in [1.165, 1.54) is 30.5 Å². The molecule has 102 valence electrons. The van der Waals surface area contributed by atoms with Crippen LogP contribution in [0.4, 0.5) is 0 Å². The monoisotopic (exact) mass is 367 g/mol. The van der Waals surface area contributed by atoms with Gasteiger partial charge in [-0.05, 0) is 18.1 Å². The van der Waals surface area contributed by atoms with E-state index < -0.39 is 0 Å². The molecule has 0 fully saturated rings. The van der Waals surface area contributed by atoms with E-state index in [9.17, 15) is 0 Å². The minimum atomic E-state index is 0.307. The van der Waals surface area contributed by atoms with Gasteiger partial charge in [-0.2, -0.15) is 0 Å². The molecule has 1 nitrogen and oxygen atoms in total. The third kappa shape index (κ3) is 4.68. The molecule has 19 heavy (non-hydrogen) atoms. The first kappa shape index (κ1) is 14.6. The fourth-order valence-corrected chi connectivity index (χ4v) is 3.35. The molecule has 0 spiro atoms. The molecular formula is C17H22IN. The van der Waals surface area contributed by atoms with Crippen molar-refractivity contribution in [3.8, 4) is 0 Å². The predicted molar refractivity (Wildman–Crippen MR) is 91.4 cm³/mol. The zero-order chi connectivity index (χ0) is 13.6. The summed E-state index contributed by atoms with van der Waals surface area (Å²) in [5.41, 5.74) is 2.70. The summed E-state index contributed by atoms with van der Waals surface area (Å²) in [7, 11) is 0. The van der Waals surface area contributed by atoms with Crippen LogP contribution in [0.1, 0.15) is 38.2 Å². The summed E-state index contributed by atoms with van der Waals surface area (Å²) in [6, 6.07) is 10.6.